The van der Waals surface area contributed by atoms with Crippen LogP contribution in [0.2, 0.25) is 0 Å². The lowest BCUT2D eigenvalue weighted by molar-refractivity contribution is 0.112. The summed E-state index contributed by atoms with van der Waals surface area (Å²) in [5.74, 6) is -0.00144. The molecule has 0 amide bonds. The first-order valence-corrected chi connectivity index (χ1v) is 5.27. The summed E-state index contributed by atoms with van der Waals surface area (Å²) in [6.07, 6.45) is 2.06. The van der Waals surface area contributed by atoms with Crippen LogP contribution >= 0.6 is 12.2 Å². The van der Waals surface area contributed by atoms with Crippen LogP contribution in [0.15, 0.2) is 6.20 Å². The maximum Gasteiger partial charge on any atom is 0.180 e. The van der Waals surface area contributed by atoms with Crippen LogP contribution in [0, 0.1) is 6.92 Å². The van der Waals surface area contributed by atoms with E-state index in [1.165, 1.54) is 11.2 Å². The second kappa shape index (κ2) is 5.55. The van der Waals surface area contributed by atoms with Crippen LogP contribution < -0.4 is 11.2 Å². The van der Waals surface area contributed by atoms with Gasteiger partial charge in [-0.2, -0.15) is 0 Å². The predicted octanol–water partition coefficient (Wildman–Crippen LogP) is 0.0881. The molecule has 1 rings (SSSR count). The van der Waals surface area contributed by atoms with Crippen molar-refractivity contribution in [3.05, 3.63) is 23.0 Å². The van der Waals surface area contributed by atoms with Crippen molar-refractivity contribution < 1.29 is 9.90 Å². The van der Waals surface area contributed by atoms with E-state index < -0.39 is 0 Å². The van der Waals surface area contributed by atoms with Gasteiger partial charge in [-0.3, -0.25) is 14.8 Å². The summed E-state index contributed by atoms with van der Waals surface area (Å²) in [4.78, 5) is 14.7. The maximum absolute atomic E-state index is 10.8. The lowest BCUT2D eigenvalue weighted by atomic mass is 10.1. The highest BCUT2D eigenvalue weighted by Gasteiger charge is 2.12. The average molecular weight is 254 g/mol. The Morgan fingerprint density at radius 2 is 2.41 bits per heavy atom. The van der Waals surface area contributed by atoms with Gasteiger partial charge in [-0.05, 0) is 19.1 Å². The highest BCUT2D eigenvalue weighted by Crippen LogP contribution is 2.22. The maximum atomic E-state index is 10.8. The van der Waals surface area contributed by atoms with Crippen molar-refractivity contribution in [2.24, 2.45) is 5.73 Å². The number of thiocarbonyl (C=S) groups is 1. The Balaban J connectivity index is 2.93. The topological polar surface area (TPSA) is 91.5 Å². The van der Waals surface area contributed by atoms with Crippen LogP contribution in [0.1, 0.15) is 21.6 Å². The quantitative estimate of drug-likeness (QED) is 0.398. The zero-order valence-corrected chi connectivity index (χ0v) is 10.4. The number of hydrazine groups is 1. The Morgan fingerprint density at radius 3 is 2.94 bits per heavy atom. The van der Waals surface area contributed by atoms with Gasteiger partial charge in [0.25, 0.3) is 0 Å². The average Bonchev–Trinajstić information content (AvgIpc) is 2.30. The summed E-state index contributed by atoms with van der Waals surface area (Å²) >= 11 is 4.75. The van der Waals surface area contributed by atoms with Crippen LogP contribution in [-0.4, -0.2) is 33.5 Å². The van der Waals surface area contributed by atoms with Crippen molar-refractivity contribution in [1.82, 2.24) is 15.4 Å². The normalized spacial score (nSPS) is 10.0. The van der Waals surface area contributed by atoms with Crippen LogP contribution in [0.3, 0.4) is 0 Å². The van der Waals surface area contributed by atoms with Crippen LogP contribution in [0.25, 0.3) is 0 Å². The lowest BCUT2D eigenvalue weighted by Crippen LogP contribution is -2.42. The third-order valence-electron chi connectivity index (χ3n) is 2.32. The van der Waals surface area contributed by atoms with E-state index in [0.29, 0.717) is 23.1 Å². The van der Waals surface area contributed by atoms with Crippen molar-refractivity contribution in [2.45, 2.75) is 13.5 Å². The molecule has 0 radical (unpaired) electrons. The molecule has 0 aliphatic rings. The summed E-state index contributed by atoms with van der Waals surface area (Å²) in [6.45, 7) is 1.89. The second-order valence-electron chi connectivity index (χ2n) is 3.48. The minimum atomic E-state index is -0.00144. The van der Waals surface area contributed by atoms with Crippen LogP contribution in [0.5, 0.6) is 5.75 Å². The molecule has 0 atom stereocenters. The number of nitrogens with two attached hydrogens (primary N) is 1. The van der Waals surface area contributed by atoms with Crippen molar-refractivity contribution in [3.63, 3.8) is 0 Å². The molecule has 0 bridgehead atoms. The molecule has 6 nitrogen and oxygen atoms in total. The van der Waals surface area contributed by atoms with Crippen molar-refractivity contribution in [2.75, 3.05) is 7.05 Å². The van der Waals surface area contributed by atoms with Crippen molar-refractivity contribution >= 4 is 23.6 Å². The number of aromatic hydroxyl groups is 1. The number of aromatic nitrogens is 1. The van der Waals surface area contributed by atoms with E-state index in [2.05, 4.69) is 10.4 Å². The minimum Gasteiger partial charge on any atom is -0.506 e. The van der Waals surface area contributed by atoms with Gasteiger partial charge in [-0.25, -0.2) is 5.43 Å². The SMILES string of the molecule is Cc1ncc(C=O)c(CNN(C)C(N)=S)c1O. The first-order chi connectivity index (χ1) is 7.97. The van der Waals surface area contributed by atoms with Gasteiger partial charge < -0.3 is 10.8 Å². The molecule has 0 aliphatic carbocycles. The molecule has 92 valence electrons. The van der Waals surface area contributed by atoms with Gasteiger partial charge in [0.05, 0.1) is 5.69 Å². The molecule has 0 saturated heterocycles. The van der Waals surface area contributed by atoms with Gasteiger partial charge in [0.2, 0.25) is 0 Å². The predicted molar refractivity (Wildman–Crippen MR) is 67.4 cm³/mol. The van der Waals surface area contributed by atoms with Crippen LogP contribution in [-0.2, 0) is 6.54 Å². The van der Waals surface area contributed by atoms with Gasteiger partial charge >= 0.3 is 0 Å². The molecule has 0 aliphatic heterocycles. The summed E-state index contributed by atoms with van der Waals surface area (Å²) in [5.41, 5.74) is 9.51. The first kappa shape index (κ1) is 13.3. The molecule has 7 heteroatoms. The molecule has 0 aromatic carbocycles. The molecular formula is C10H14N4O2S. The zero-order chi connectivity index (χ0) is 13.0. The Morgan fingerprint density at radius 1 is 1.76 bits per heavy atom. The Hall–Kier alpha value is -1.73. The molecular weight excluding hydrogens is 240 g/mol. The lowest BCUT2D eigenvalue weighted by Gasteiger charge is -2.19. The van der Waals surface area contributed by atoms with E-state index >= 15 is 0 Å². The van der Waals surface area contributed by atoms with E-state index in [1.807, 2.05) is 0 Å². The monoisotopic (exact) mass is 254 g/mol. The summed E-state index contributed by atoms with van der Waals surface area (Å²) < 4.78 is 0. The molecule has 17 heavy (non-hydrogen) atoms. The number of carbonyl (C=O) groups is 1. The van der Waals surface area contributed by atoms with Gasteiger partial charge in [0.1, 0.15) is 5.75 Å². The molecule has 0 unspecified atom stereocenters. The van der Waals surface area contributed by atoms with E-state index in [9.17, 15) is 9.90 Å². The van der Waals surface area contributed by atoms with Gasteiger partial charge in [0, 0.05) is 30.9 Å². The van der Waals surface area contributed by atoms with Crippen molar-refractivity contribution in [1.29, 1.82) is 0 Å². The highest BCUT2D eigenvalue weighted by molar-refractivity contribution is 7.80. The van der Waals surface area contributed by atoms with E-state index in [1.54, 1.807) is 14.0 Å². The fraction of sp³-hybridized carbons (Fsp3) is 0.300. The number of pyridine rings is 1. The zero-order valence-electron chi connectivity index (χ0n) is 9.60. The largest absolute Gasteiger partial charge is 0.506 e. The Kier molecular flexibility index (Phi) is 4.36. The number of carbonyl (C=O) groups excluding carboxylic acids is 1. The minimum absolute atomic E-state index is 0.00144. The van der Waals surface area contributed by atoms with Crippen molar-refractivity contribution in [3.8, 4) is 5.75 Å². The number of rotatable bonds is 4. The Labute approximate surface area is 104 Å². The fourth-order valence-electron chi connectivity index (χ4n) is 1.22. The molecule has 1 aromatic heterocycles. The molecule has 1 aromatic rings. The fourth-order valence-corrected chi connectivity index (χ4v) is 1.29. The molecule has 1 heterocycles. The third kappa shape index (κ3) is 3.11. The van der Waals surface area contributed by atoms with E-state index in [-0.39, 0.29) is 17.4 Å². The number of hydrogen-bond acceptors (Lipinski definition) is 5. The summed E-state index contributed by atoms with van der Waals surface area (Å²) in [7, 11) is 1.65. The number of hydrogen-bond donors (Lipinski definition) is 3. The van der Waals surface area contributed by atoms with E-state index in [4.69, 9.17) is 18.0 Å². The third-order valence-corrected chi connectivity index (χ3v) is 2.60. The van der Waals surface area contributed by atoms with E-state index in [0.717, 1.165) is 0 Å². The number of aldehydes is 1. The highest BCUT2D eigenvalue weighted by atomic mass is 32.1. The van der Waals surface area contributed by atoms with Gasteiger partial charge in [0.15, 0.2) is 11.4 Å². The molecule has 0 saturated carbocycles. The second-order valence-corrected chi connectivity index (χ2v) is 3.89. The molecule has 0 fully saturated rings. The Bertz CT molecular complexity index is 450. The standard InChI is InChI=1S/C10H14N4O2S/c1-6-9(16)8(7(5-15)3-12-6)4-13-14(2)10(11)17/h3,5,13,16H,4H2,1-2H3,(H2,11,17). The first-order valence-electron chi connectivity index (χ1n) is 4.86. The summed E-state index contributed by atoms with van der Waals surface area (Å²) in [5, 5.41) is 11.4. The molecule has 0 spiro atoms. The van der Waals surface area contributed by atoms with Crippen LogP contribution in [0.4, 0.5) is 0 Å². The van der Waals surface area contributed by atoms with Gasteiger partial charge in [-0.15, -0.1) is 0 Å². The number of aryl methyl sites for hydroxylation is 1. The van der Waals surface area contributed by atoms with Gasteiger partial charge in [-0.1, -0.05) is 0 Å². The number of nitrogens with one attached hydrogen (secondary N) is 1. The number of nitrogens with zero attached hydrogens (tertiary/aromatic N) is 2. The molecule has 4 N–H and O–H groups in total. The smallest absolute Gasteiger partial charge is 0.180 e. The summed E-state index contributed by atoms with van der Waals surface area (Å²) in [6, 6.07) is 0.